The first-order valence-electron chi connectivity index (χ1n) is 9.25. The number of anilines is 1. The predicted molar refractivity (Wildman–Crippen MR) is 105 cm³/mol. The molecule has 3 aromatic heterocycles. The van der Waals surface area contributed by atoms with Crippen molar-refractivity contribution in [2.75, 3.05) is 38.1 Å². The maximum Gasteiger partial charge on any atom is 0.421 e. The third-order valence-corrected chi connectivity index (χ3v) is 5.09. The molecule has 3 aromatic rings. The maximum absolute atomic E-state index is 14.2. The molecule has 9 heteroatoms. The van der Waals surface area contributed by atoms with E-state index in [4.69, 9.17) is 0 Å². The Labute approximate surface area is 165 Å². The smallest absolute Gasteiger partial charge is 0.358 e. The van der Waals surface area contributed by atoms with Crippen LogP contribution in [0.4, 0.5) is 19.0 Å². The van der Waals surface area contributed by atoms with Crippen LogP contribution in [0.25, 0.3) is 22.3 Å². The van der Waals surface area contributed by atoms with Crippen LogP contribution in [0.5, 0.6) is 0 Å². The summed E-state index contributed by atoms with van der Waals surface area (Å²) in [4.78, 5) is 27.8. The number of alkyl halides is 3. The van der Waals surface area contributed by atoms with E-state index < -0.39 is 17.2 Å². The third kappa shape index (κ3) is 3.57. The summed E-state index contributed by atoms with van der Waals surface area (Å²) in [7, 11) is 1.93. The summed E-state index contributed by atoms with van der Waals surface area (Å²) in [6.45, 7) is 3.64. The Morgan fingerprint density at radius 3 is 2.48 bits per heavy atom. The summed E-state index contributed by atoms with van der Waals surface area (Å²) >= 11 is 0. The molecule has 29 heavy (non-hydrogen) atoms. The fourth-order valence-corrected chi connectivity index (χ4v) is 3.64. The quantitative estimate of drug-likeness (QED) is 0.713. The van der Waals surface area contributed by atoms with Gasteiger partial charge in [0.1, 0.15) is 17.1 Å². The maximum atomic E-state index is 14.2. The number of aromatic amines is 1. The molecule has 0 amide bonds. The molecule has 0 bridgehead atoms. The molecule has 1 aliphatic rings. The molecule has 6 nitrogen and oxygen atoms in total. The minimum atomic E-state index is -4.68. The molecule has 1 fully saturated rings. The molecule has 4 rings (SSSR count). The molecule has 0 radical (unpaired) electrons. The van der Waals surface area contributed by atoms with Crippen LogP contribution < -0.4 is 10.3 Å². The standard InChI is InChI=1S/C20H20F3N5O/c1-12-11-14(29)15-17(13-5-3-4-6-24-13)26-19(28-9-7-27(2)8-10-28)16(18(15)25-12)20(21,22)23/h3-6,11H,7-10H2,1-2H3,(H,25,29). The first-order chi connectivity index (χ1) is 13.8. The second kappa shape index (κ2) is 7.14. The van der Waals surface area contributed by atoms with Crippen molar-refractivity contribution in [1.29, 1.82) is 0 Å². The van der Waals surface area contributed by atoms with Crippen molar-refractivity contribution in [3.05, 3.63) is 51.9 Å². The van der Waals surface area contributed by atoms with Crippen LogP contribution in [0.2, 0.25) is 0 Å². The number of H-pyrrole nitrogens is 1. The summed E-state index contributed by atoms with van der Waals surface area (Å²) in [5.74, 6) is -0.167. The molecule has 152 valence electrons. The Morgan fingerprint density at radius 1 is 1.14 bits per heavy atom. The number of nitrogens with zero attached hydrogens (tertiary/aromatic N) is 4. The number of likely N-dealkylation sites (N-methyl/N-ethyl adjacent to an activating group) is 1. The van der Waals surface area contributed by atoms with E-state index >= 15 is 0 Å². The normalized spacial score (nSPS) is 15.8. The zero-order chi connectivity index (χ0) is 20.8. The Balaban J connectivity index is 2.09. The summed E-state index contributed by atoms with van der Waals surface area (Å²) in [6, 6.07) is 6.34. The number of aromatic nitrogens is 3. The van der Waals surface area contributed by atoms with Crippen LogP contribution in [-0.4, -0.2) is 53.1 Å². The van der Waals surface area contributed by atoms with Gasteiger partial charge in [0.2, 0.25) is 0 Å². The van der Waals surface area contributed by atoms with Gasteiger partial charge < -0.3 is 14.8 Å². The van der Waals surface area contributed by atoms with E-state index in [0.717, 1.165) is 0 Å². The molecule has 0 saturated carbocycles. The van der Waals surface area contributed by atoms with Gasteiger partial charge in [0, 0.05) is 44.1 Å². The van der Waals surface area contributed by atoms with Gasteiger partial charge in [0.05, 0.1) is 16.6 Å². The average molecular weight is 403 g/mol. The zero-order valence-electron chi connectivity index (χ0n) is 16.0. The summed E-state index contributed by atoms with van der Waals surface area (Å²) in [5, 5.41) is -0.0977. The molecule has 0 atom stereocenters. The van der Waals surface area contributed by atoms with Crippen LogP contribution in [0, 0.1) is 6.92 Å². The van der Waals surface area contributed by atoms with E-state index in [9.17, 15) is 18.0 Å². The molecular weight excluding hydrogens is 383 g/mol. The molecule has 0 aromatic carbocycles. The number of piperazine rings is 1. The largest absolute Gasteiger partial charge is 0.421 e. The number of nitrogens with one attached hydrogen (secondary N) is 1. The second-order valence-corrected chi connectivity index (χ2v) is 7.23. The predicted octanol–water partition coefficient (Wildman–Crippen LogP) is 3.06. The Kier molecular flexibility index (Phi) is 4.77. The van der Waals surface area contributed by atoms with E-state index in [2.05, 4.69) is 19.9 Å². The number of hydrogen-bond donors (Lipinski definition) is 1. The van der Waals surface area contributed by atoms with E-state index in [-0.39, 0.29) is 22.4 Å². The van der Waals surface area contributed by atoms with Crippen molar-refractivity contribution < 1.29 is 13.2 Å². The van der Waals surface area contributed by atoms with Gasteiger partial charge in [0.25, 0.3) is 0 Å². The highest BCUT2D eigenvalue weighted by Crippen LogP contribution is 2.41. The van der Waals surface area contributed by atoms with Crippen molar-refractivity contribution in [1.82, 2.24) is 19.9 Å². The van der Waals surface area contributed by atoms with Gasteiger partial charge in [-0.3, -0.25) is 9.78 Å². The van der Waals surface area contributed by atoms with Gasteiger partial charge in [0.15, 0.2) is 5.43 Å². The number of fused-ring (bicyclic) bond motifs is 1. The summed E-state index contributed by atoms with van der Waals surface area (Å²) in [5.41, 5.74) is -0.792. The molecule has 0 aliphatic carbocycles. The molecule has 4 heterocycles. The van der Waals surface area contributed by atoms with Gasteiger partial charge in [-0.15, -0.1) is 0 Å². The van der Waals surface area contributed by atoms with Gasteiger partial charge in [-0.1, -0.05) is 6.07 Å². The molecule has 1 saturated heterocycles. The fourth-order valence-electron chi connectivity index (χ4n) is 3.64. The Hall–Kier alpha value is -2.94. The second-order valence-electron chi connectivity index (χ2n) is 7.23. The highest BCUT2D eigenvalue weighted by atomic mass is 19.4. The van der Waals surface area contributed by atoms with Crippen molar-refractivity contribution in [2.45, 2.75) is 13.1 Å². The van der Waals surface area contributed by atoms with Gasteiger partial charge >= 0.3 is 6.18 Å². The fraction of sp³-hybridized carbons (Fsp3) is 0.350. The number of pyridine rings is 3. The van der Waals surface area contributed by atoms with Crippen molar-refractivity contribution in [2.24, 2.45) is 0 Å². The SMILES string of the molecule is Cc1cc(=O)c2c(-c3ccccn3)nc(N3CCN(C)CC3)c(C(F)(F)F)c2[nH]1. The highest BCUT2D eigenvalue weighted by molar-refractivity contribution is 5.96. The molecule has 1 N–H and O–H groups in total. The molecule has 1 aliphatic heterocycles. The zero-order valence-corrected chi connectivity index (χ0v) is 16.0. The third-order valence-electron chi connectivity index (χ3n) is 5.09. The molecular formula is C20H20F3N5O. The summed E-state index contributed by atoms with van der Waals surface area (Å²) in [6.07, 6.45) is -3.15. The van der Waals surface area contributed by atoms with Gasteiger partial charge in [-0.05, 0) is 26.1 Å². The Bertz CT molecular complexity index is 1100. The van der Waals surface area contributed by atoms with Crippen LogP contribution in [-0.2, 0) is 6.18 Å². The van der Waals surface area contributed by atoms with Crippen LogP contribution in [0.15, 0.2) is 35.3 Å². The van der Waals surface area contributed by atoms with Crippen molar-refractivity contribution >= 4 is 16.7 Å². The van der Waals surface area contributed by atoms with Crippen molar-refractivity contribution in [3.63, 3.8) is 0 Å². The van der Waals surface area contributed by atoms with Crippen LogP contribution in [0.1, 0.15) is 11.3 Å². The van der Waals surface area contributed by atoms with E-state index in [1.165, 1.54) is 12.3 Å². The number of hydrogen-bond acceptors (Lipinski definition) is 5. The first kappa shape index (κ1) is 19.4. The number of halogens is 3. The van der Waals surface area contributed by atoms with Crippen molar-refractivity contribution in [3.8, 4) is 11.4 Å². The van der Waals surface area contributed by atoms with Gasteiger partial charge in [-0.2, -0.15) is 13.2 Å². The lowest BCUT2D eigenvalue weighted by Crippen LogP contribution is -2.45. The van der Waals surface area contributed by atoms with E-state index in [1.807, 2.05) is 7.05 Å². The lowest BCUT2D eigenvalue weighted by Gasteiger charge is -2.35. The molecule has 0 unspecified atom stereocenters. The minimum absolute atomic E-state index is 0.0977. The topological polar surface area (TPSA) is 65.1 Å². The van der Waals surface area contributed by atoms with E-state index in [0.29, 0.717) is 37.6 Å². The number of rotatable bonds is 2. The van der Waals surface area contributed by atoms with Crippen LogP contribution in [0.3, 0.4) is 0 Å². The lowest BCUT2D eigenvalue weighted by molar-refractivity contribution is -0.136. The van der Waals surface area contributed by atoms with Crippen LogP contribution >= 0.6 is 0 Å². The van der Waals surface area contributed by atoms with E-state index in [1.54, 1.807) is 30.0 Å². The monoisotopic (exact) mass is 403 g/mol. The highest BCUT2D eigenvalue weighted by Gasteiger charge is 2.40. The first-order valence-corrected chi connectivity index (χ1v) is 9.25. The number of aryl methyl sites for hydroxylation is 1. The Morgan fingerprint density at radius 2 is 1.86 bits per heavy atom. The summed E-state index contributed by atoms with van der Waals surface area (Å²) < 4.78 is 42.6. The molecule has 0 spiro atoms. The lowest BCUT2D eigenvalue weighted by atomic mass is 10.0. The van der Waals surface area contributed by atoms with Gasteiger partial charge in [-0.25, -0.2) is 4.98 Å². The average Bonchev–Trinajstić information content (AvgIpc) is 2.67. The minimum Gasteiger partial charge on any atom is -0.358 e.